The summed E-state index contributed by atoms with van der Waals surface area (Å²) < 4.78 is 23.0. The van der Waals surface area contributed by atoms with Crippen molar-refractivity contribution >= 4 is 5.91 Å². The summed E-state index contributed by atoms with van der Waals surface area (Å²) in [5.41, 5.74) is -1.01. The Morgan fingerprint density at radius 2 is 2.16 bits per heavy atom. The smallest absolute Gasteiger partial charge is 0.251 e. The van der Waals surface area contributed by atoms with Crippen molar-refractivity contribution in [3.63, 3.8) is 0 Å². The van der Waals surface area contributed by atoms with Crippen molar-refractivity contribution in [1.29, 1.82) is 0 Å². The van der Waals surface area contributed by atoms with E-state index in [2.05, 4.69) is 5.32 Å². The Balaban J connectivity index is 2.66. The van der Waals surface area contributed by atoms with Crippen molar-refractivity contribution in [1.82, 2.24) is 5.32 Å². The largest absolute Gasteiger partial charge is 0.494 e. The lowest BCUT2D eigenvalue weighted by molar-refractivity contribution is -0.0147. The number of ether oxygens (including phenoxy) is 2. The molecule has 0 spiro atoms. The second-order valence-corrected chi connectivity index (χ2v) is 4.46. The highest BCUT2D eigenvalue weighted by Crippen LogP contribution is 2.17. The van der Waals surface area contributed by atoms with Crippen molar-refractivity contribution in [3.8, 4) is 5.75 Å². The molecule has 1 aromatic carbocycles. The third-order valence-corrected chi connectivity index (χ3v) is 2.50. The fourth-order valence-electron chi connectivity index (χ4n) is 1.54. The zero-order valence-corrected chi connectivity index (χ0v) is 11.2. The molecule has 0 saturated carbocycles. The average molecular weight is 271 g/mol. The average Bonchev–Trinajstić information content (AvgIpc) is 2.36. The van der Waals surface area contributed by atoms with Gasteiger partial charge < -0.3 is 19.9 Å². The molecule has 0 aliphatic heterocycles. The van der Waals surface area contributed by atoms with Gasteiger partial charge in [0.25, 0.3) is 5.91 Å². The van der Waals surface area contributed by atoms with Gasteiger partial charge in [-0.3, -0.25) is 4.79 Å². The summed E-state index contributed by atoms with van der Waals surface area (Å²) in [5.74, 6) is -1.01. The van der Waals surface area contributed by atoms with Gasteiger partial charge in [-0.15, -0.1) is 0 Å². The summed E-state index contributed by atoms with van der Waals surface area (Å²) >= 11 is 0. The monoisotopic (exact) mass is 271 g/mol. The summed E-state index contributed by atoms with van der Waals surface area (Å²) in [6.45, 7) is 1.63. The molecule has 1 aromatic rings. The Labute approximate surface area is 111 Å². The van der Waals surface area contributed by atoms with Gasteiger partial charge >= 0.3 is 0 Å². The maximum atomic E-state index is 13.4. The van der Waals surface area contributed by atoms with Crippen LogP contribution >= 0.6 is 0 Å². The third-order valence-electron chi connectivity index (χ3n) is 2.50. The maximum Gasteiger partial charge on any atom is 0.251 e. The zero-order chi connectivity index (χ0) is 14.5. The number of aliphatic hydroxyl groups is 1. The van der Waals surface area contributed by atoms with Crippen LogP contribution in [-0.4, -0.2) is 44.0 Å². The SMILES string of the molecule is COC[C@](C)(O)CNC(=O)c1ccc(OC)c(F)c1. The molecule has 106 valence electrons. The van der Waals surface area contributed by atoms with E-state index >= 15 is 0 Å². The van der Waals surface area contributed by atoms with Gasteiger partial charge in [0, 0.05) is 19.2 Å². The van der Waals surface area contributed by atoms with E-state index in [1.807, 2.05) is 0 Å². The molecule has 1 amide bonds. The molecule has 6 heteroatoms. The minimum absolute atomic E-state index is 0.00726. The molecular weight excluding hydrogens is 253 g/mol. The minimum atomic E-state index is -1.17. The first kappa shape index (κ1) is 15.4. The van der Waals surface area contributed by atoms with E-state index < -0.39 is 17.3 Å². The van der Waals surface area contributed by atoms with Gasteiger partial charge in [-0.05, 0) is 25.1 Å². The van der Waals surface area contributed by atoms with Gasteiger partial charge in [0.2, 0.25) is 0 Å². The Morgan fingerprint density at radius 3 is 2.68 bits per heavy atom. The van der Waals surface area contributed by atoms with Crippen LogP contribution in [0.2, 0.25) is 0 Å². The number of methoxy groups -OCH3 is 2. The van der Waals surface area contributed by atoms with Crippen molar-refractivity contribution < 1.29 is 23.8 Å². The number of carbonyl (C=O) groups is 1. The quantitative estimate of drug-likeness (QED) is 0.808. The van der Waals surface area contributed by atoms with Crippen LogP contribution in [0.3, 0.4) is 0 Å². The molecule has 0 bridgehead atoms. The Hall–Kier alpha value is -1.66. The normalized spacial score (nSPS) is 13.7. The molecule has 2 N–H and O–H groups in total. The van der Waals surface area contributed by atoms with Gasteiger partial charge in [-0.1, -0.05) is 0 Å². The van der Waals surface area contributed by atoms with Crippen LogP contribution in [0.4, 0.5) is 4.39 Å². The van der Waals surface area contributed by atoms with Gasteiger partial charge in [-0.25, -0.2) is 4.39 Å². The highest BCUT2D eigenvalue weighted by molar-refractivity contribution is 5.94. The van der Waals surface area contributed by atoms with Crippen LogP contribution in [0.1, 0.15) is 17.3 Å². The molecule has 0 aliphatic rings. The van der Waals surface area contributed by atoms with Crippen LogP contribution in [0, 0.1) is 5.82 Å². The van der Waals surface area contributed by atoms with E-state index in [0.717, 1.165) is 6.07 Å². The standard InChI is InChI=1S/C13H18FNO4/c1-13(17,8-18-2)7-15-12(16)9-4-5-11(19-3)10(14)6-9/h4-6,17H,7-8H2,1-3H3,(H,15,16)/t13-/m1/s1. The number of hydrogen-bond donors (Lipinski definition) is 2. The summed E-state index contributed by atoms with van der Waals surface area (Å²) in [4.78, 5) is 11.8. The van der Waals surface area contributed by atoms with Crippen LogP contribution in [0.15, 0.2) is 18.2 Å². The van der Waals surface area contributed by atoms with Crippen LogP contribution < -0.4 is 10.1 Å². The molecule has 5 nitrogen and oxygen atoms in total. The minimum Gasteiger partial charge on any atom is -0.494 e. The number of carbonyl (C=O) groups excluding carboxylic acids is 1. The lowest BCUT2D eigenvalue weighted by atomic mass is 10.1. The molecule has 0 heterocycles. The second-order valence-electron chi connectivity index (χ2n) is 4.46. The molecule has 1 rings (SSSR count). The van der Waals surface area contributed by atoms with Gasteiger partial charge in [0.1, 0.15) is 5.60 Å². The van der Waals surface area contributed by atoms with Gasteiger partial charge in [0.15, 0.2) is 11.6 Å². The highest BCUT2D eigenvalue weighted by atomic mass is 19.1. The van der Waals surface area contributed by atoms with Crippen molar-refractivity contribution in [2.75, 3.05) is 27.4 Å². The predicted octanol–water partition coefficient (Wildman–Crippen LogP) is 0.961. The van der Waals surface area contributed by atoms with Crippen molar-refractivity contribution in [2.24, 2.45) is 0 Å². The zero-order valence-electron chi connectivity index (χ0n) is 11.2. The number of amides is 1. The van der Waals surface area contributed by atoms with E-state index in [1.165, 1.54) is 33.3 Å². The fourth-order valence-corrected chi connectivity index (χ4v) is 1.54. The summed E-state index contributed by atoms with van der Waals surface area (Å²) in [5, 5.41) is 12.3. The highest BCUT2D eigenvalue weighted by Gasteiger charge is 2.21. The van der Waals surface area contributed by atoms with E-state index in [0.29, 0.717) is 0 Å². The van der Waals surface area contributed by atoms with Crippen molar-refractivity contribution in [2.45, 2.75) is 12.5 Å². The summed E-state index contributed by atoms with van der Waals surface area (Å²) in [6.07, 6.45) is 0. The molecule has 0 unspecified atom stereocenters. The summed E-state index contributed by atoms with van der Waals surface area (Å²) in [6, 6.07) is 3.90. The van der Waals surface area contributed by atoms with Crippen molar-refractivity contribution in [3.05, 3.63) is 29.6 Å². The lowest BCUT2D eigenvalue weighted by Gasteiger charge is -2.22. The number of rotatable bonds is 6. The maximum absolute atomic E-state index is 13.4. The molecule has 0 fully saturated rings. The van der Waals surface area contributed by atoms with Gasteiger partial charge in [-0.2, -0.15) is 0 Å². The van der Waals surface area contributed by atoms with E-state index in [1.54, 1.807) is 0 Å². The molecule has 19 heavy (non-hydrogen) atoms. The van der Waals surface area contributed by atoms with E-state index in [9.17, 15) is 14.3 Å². The number of benzene rings is 1. The first-order valence-electron chi connectivity index (χ1n) is 5.72. The first-order chi connectivity index (χ1) is 8.89. The number of nitrogens with one attached hydrogen (secondary N) is 1. The molecule has 0 aromatic heterocycles. The molecule has 0 aliphatic carbocycles. The Bertz CT molecular complexity index is 448. The second kappa shape index (κ2) is 6.49. The van der Waals surface area contributed by atoms with E-state index in [4.69, 9.17) is 9.47 Å². The van der Waals surface area contributed by atoms with Gasteiger partial charge in [0.05, 0.1) is 13.7 Å². The van der Waals surface area contributed by atoms with Crippen LogP contribution in [0.5, 0.6) is 5.75 Å². The Morgan fingerprint density at radius 1 is 1.47 bits per heavy atom. The molecule has 1 atom stereocenters. The molecule has 0 saturated heterocycles. The van der Waals surface area contributed by atoms with E-state index in [-0.39, 0.29) is 24.5 Å². The first-order valence-corrected chi connectivity index (χ1v) is 5.72. The molecular formula is C13H18FNO4. The fraction of sp³-hybridized carbons (Fsp3) is 0.462. The Kier molecular flexibility index (Phi) is 5.26. The topological polar surface area (TPSA) is 67.8 Å². The van der Waals surface area contributed by atoms with Crippen LogP contribution in [-0.2, 0) is 4.74 Å². The molecule has 0 radical (unpaired) electrons. The predicted molar refractivity (Wildman–Crippen MR) is 67.8 cm³/mol. The number of halogens is 1. The van der Waals surface area contributed by atoms with Crippen LogP contribution in [0.25, 0.3) is 0 Å². The lowest BCUT2D eigenvalue weighted by Crippen LogP contribution is -2.43. The summed E-state index contributed by atoms with van der Waals surface area (Å²) in [7, 11) is 2.80. The number of hydrogen-bond acceptors (Lipinski definition) is 4. The third kappa shape index (κ3) is 4.50.